The van der Waals surface area contributed by atoms with Crippen molar-refractivity contribution in [2.75, 3.05) is 24.8 Å². The van der Waals surface area contributed by atoms with E-state index >= 15 is 0 Å². The van der Waals surface area contributed by atoms with Crippen LogP contribution in [0.1, 0.15) is 32.5 Å². The van der Waals surface area contributed by atoms with Gasteiger partial charge < -0.3 is 14.7 Å². The number of hydrogen-bond donors (Lipinski definition) is 1. The van der Waals surface area contributed by atoms with E-state index in [0.29, 0.717) is 5.56 Å². The molecule has 0 spiro atoms. The summed E-state index contributed by atoms with van der Waals surface area (Å²) in [5.74, 6) is -3.56. The van der Waals surface area contributed by atoms with E-state index in [-0.39, 0.29) is 31.3 Å². The molecule has 1 atom stereocenters. The number of halogens is 2. The first-order valence-electron chi connectivity index (χ1n) is 10.2. The number of aromatic nitrogens is 1. The van der Waals surface area contributed by atoms with E-state index < -0.39 is 34.8 Å². The minimum absolute atomic E-state index is 0.0270. The zero-order chi connectivity index (χ0) is 23.3. The molecule has 170 valence electrons. The molecule has 0 saturated carbocycles. The largest absolute Gasteiger partial charge is 0.502 e. The SMILES string of the molecule is Cc1sccc1[C@H]1c2ccc(F)c(F)c2OC/C=C\CN2CN1n1ccc(=O)c(O)c1C2=O. The molecule has 2 aliphatic heterocycles. The van der Waals surface area contributed by atoms with Crippen LogP contribution in [0.5, 0.6) is 11.5 Å². The summed E-state index contributed by atoms with van der Waals surface area (Å²) in [7, 11) is 0. The highest BCUT2D eigenvalue weighted by molar-refractivity contribution is 7.10. The van der Waals surface area contributed by atoms with Gasteiger partial charge in [-0.05, 0) is 42.1 Å². The van der Waals surface area contributed by atoms with Crippen molar-refractivity contribution in [3.8, 4) is 11.5 Å². The lowest BCUT2D eigenvalue weighted by Gasteiger charge is -2.43. The fourth-order valence-corrected chi connectivity index (χ4v) is 4.95. The predicted octanol–water partition coefficient (Wildman–Crippen LogP) is 3.29. The summed E-state index contributed by atoms with van der Waals surface area (Å²) in [6, 6.07) is 4.82. The third-order valence-corrected chi connectivity index (χ3v) is 6.68. The molecule has 0 fully saturated rings. The molecule has 33 heavy (non-hydrogen) atoms. The summed E-state index contributed by atoms with van der Waals surface area (Å²) >= 11 is 1.49. The molecule has 5 rings (SSSR count). The van der Waals surface area contributed by atoms with Crippen molar-refractivity contribution < 1.29 is 23.4 Å². The highest BCUT2D eigenvalue weighted by Gasteiger charge is 2.38. The maximum Gasteiger partial charge on any atom is 0.278 e. The number of aryl methyl sites for hydroxylation is 1. The number of pyridine rings is 1. The fourth-order valence-electron chi connectivity index (χ4n) is 4.21. The lowest BCUT2D eigenvalue weighted by Crippen LogP contribution is -2.55. The molecule has 3 aromatic rings. The Morgan fingerprint density at radius 1 is 1.12 bits per heavy atom. The van der Waals surface area contributed by atoms with Crippen LogP contribution in [0.4, 0.5) is 8.78 Å². The number of carbonyl (C=O) groups excluding carboxylic acids is 1. The fraction of sp³-hybridized carbons (Fsp3) is 0.217. The van der Waals surface area contributed by atoms with Gasteiger partial charge in [0, 0.05) is 29.2 Å². The normalized spacial score (nSPS) is 18.8. The van der Waals surface area contributed by atoms with Crippen LogP contribution in [-0.4, -0.2) is 40.4 Å². The van der Waals surface area contributed by atoms with Crippen molar-refractivity contribution in [3.63, 3.8) is 0 Å². The topological polar surface area (TPSA) is 75.0 Å². The van der Waals surface area contributed by atoms with Gasteiger partial charge in [-0.3, -0.25) is 19.3 Å². The van der Waals surface area contributed by atoms with Crippen molar-refractivity contribution in [3.05, 3.63) is 91.6 Å². The van der Waals surface area contributed by atoms with Crippen molar-refractivity contribution in [2.24, 2.45) is 0 Å². The first-order chi connectivity index (χ1) is 15.9. The Kier molecular flexibility index (Phi) is 5.16. The van der Waals surface area contributed by atoms with Crippen LogP contribution in [0.15, 0.2) is 52.8 Å². The van der Waals surface area contributed by atoms with Crippen LogP contribution in [0.2, 0.25) is 0 Å². The van der Waals surface area contributed by atoms with Crippen LogP contribution >= 0.6 is 11.3 Å². The van der Waals surface area contributed by atoms with Gasteiger partial charge in [0.05, 0.1) is 0 Å². The van der Waals surface area contributed by atoms with Crippen LogP contribution in [0.25, 0.3) is 0 Å². The number of aromatic hydroxyl groups is 1. The number of nitrogens with zero attached hydrogens (tertiary/aromatic N) is 3. The summed E-state index contributed by atoms with van der Waals surface area (Å²) in [6.45, 7) is 2.12. The van der Waals surface area contributed by atoms with E-state index in [1.807, 2.05) is 18.4 Å². The number of hydrogen-bond acceptors (Lipinski definition) is 6. The van der Waals surface area contributed by atoms with Gasteiger partial charge in [0.15, 0.2) is 23.0 Å². The van der Waals surface area contributed by atoms with Crippen molar-refractivity contribution in [2.45, 2.75) is 13.0 Å². The predicted molar refractivity (Wildman–Crippen MR) is 118 cm³/mol. The zero-order valence-corrected chi connectivity index (χ0v) is 18.3. The number of ether oxygens (including phenoxy) is 1. The quantitative estimate of drug-likeness (QED) is 0.552. The maximum atomic E-state index is 15.0. The van der Waals surface area contributed by atoms with E-state index in [0.717, 1.165) is 22.6 Å². The first kappa shape index (κ1) is 21.2. The van der Waals surface area contributed by atoms with Crippen LogP contribution in [-0.2, 0) is 0 Å². The number of thiophene rings is 1. The van der Waals surface area contributed by atoms with Crippen LogP contribution < -0.4 is 15.2 Å². The van der Waals surface area contributed by atoms with E-state index in [1.165, 1.54) is 33.2 Å². The highest BCUT2D eigenvalue weighted by atomic mass is 32.1. The molecule has 10 heteroatoms. The summed E-state index contributed by atoms with van der Waals surface area (Å²) in [4.78, 5) is 27.7. The molecule has 0 unspecified atom stereocenters. The molecule has 1 amide bonds. The zero-order valence-electron chi connectivity index (χ0n) is 17.5. The van der Waals surface area contributed by atoms with E-state index in [4.69, 9.17) is 4.74 Å². The standard InChI is InChI=1S/C23H19F2N3O4S/c1-13-14(7-11-33-13)19-15-4-5-16(24)18(25)22(15)32-10-3-2-8-26-12-28(19)27-9-6-17(29)21(30)20(27)23(26)31/h2-7,9,11,19,30H,8,10,12H2,1H3/b3-2-/t19-/m0/s1. The Bertz CT molecular complexity index is 1350. The second-order valence-corrected chi connectivity index (χ2v) is 8.85. The molecule has 4 heterocycles. The van der Waals surface area contributed by atoms with Gasteiger partial charge in [-0.2, -0.15) is 4.39 Å². The average Bonchev–Trinajstić information content (AvgIpc) is 3.20. The lowest BCUT2D eigenvalue weighted by atomic mass is 9.97. The molecule has 1 N–H and O–H groups in total. The van der Waals surface area contributed by atoms with Gasteiger partial charge in [0.1, 0.15) is 19.3 Å². The average molecular weight is 471 g/mol. The van der Waals surface area contributed by atoms with E-state index in [9.17, 15) is 23.5 Å². The summed E-state index contributed by atoms with van der Waals surface area (Å²) < 4.78 is 36.2. The third kappa shape index (κ3) is 3.37. The molecule has 2 aliphatic rings. The molecule has 7 nitrogen and oxygen atoms in total. The molecule has 2 bridgehead atoms. The molecule has 1 aromatic carbocycles. The van der Waals surface area contributed by atoms with Gasteiger partial charge in [0.2, 0.25) is 11.2 Å². The summed E-state index contributed by atoms with van der Waals surface area (Å²) in [6.07, 6.45) is 4.67. The van der Waals surface area contributed by atoms with Crippen LogP contribution in [0.3, 0.4) is 0 Å². The molecule has 0 radical (unpaired) electrons. The van der Waals surface area contributed by atoms with Gasteiger partial charge in [0.25, 0.3) is 5.91 Å². The number of rotatable bonds is 1. The monoisotopic (exact) mass is 471 g/mol. The van der Waals surface area contributed by atoms with Gasteiger partial charge in [-0.15, -0.1) is 11.3 Å². The third-order valence-electron chi connectivity index (χ3n) is 5.82. The van der Waals surface area contributed by atoms with Crippen molar-refractivity contribution >= 4 is 17.2 Å². The van der Waals surface area contributed by atoms with Gasteiger partial charge in [-0.25, -0.2) is 4.39 Å². The first-order valence-corrected chi connectivity index (χ1v) is 11.1. The molecule has 0 saturated heterocycles. The number of fused-ring (bicyclic) bond motifs is 5. The summed E-state index contributed by atoms with van der Waals surface area (Å²) in [5.41, 5.74) is 0.270. The molecular formula is C23H19F2N3O4S. The highest BCUT2D eigenvalue weighted by Crippen LogP contribution is 2.40. The molecule has 0 aliphatic carbocycles. The Labute approximate surface area is 191 Å². The molecular weight excluding hydrogens is 452 g/mol. The second kappa shape index (κ2) is 8.04. The Hall–Kier alpha value is -3.66. The Morgan fingerprint density at radius 3 is 2.70 bits per heavy atom. The molecule has 2 aromatic heterocycles. The number of carbonyl (C=O) groups is 1. The minimum atomic E-state index is -1.11. The van der Waals surface area contributed by atoms with Gasteiger partial charge >= 0.3 is 0 Å². The maximum absolute atomic E-state index is 15.0. The minimum Gasteiger partial charge on any atom is -0.502 e. The van der Waals surface area contributed by atoms with E-state index in [1.54, 1.807) is 17.2 Å². The second-order valence-electron chi connectivity index (χ2n) is 7.73. The Morgan fingerprint density at radius 2 is 1.94 bits per heavy atom. The van der Waals surface area contributed by atoms with E-state index in [2.05, 4.69) is 0 Å². The van der Waals surface area contributed by atoms with Gasteiger partial charge in [-0.1, -0.05) is 6.08 Å². The lowest BCUT2D eigenvalue weighted by molar-refractivity contribution is 0.0701. The van der Waals surface area contributed by atoms with Crippen molar-refractivity contribution in [1.29, 1.82) is 0 Å². The smallest absolute Gasteiger partial charge is 0.278 e. The van der Waals surface area contributed by atoms with Crippen LogP contribution in [0, 0.1) is 18.6 Å². The summed E-state index contributed by atoms with van der Waals surface area (Å²) in [5, 5.41) is 14.1. The van der Waals surface area contributed by atoms with Crippen molar-refractivity contribution in [1.82, 2.24) is 9.58 Å². The Balaban J connectivity index is 1.84. The number of amides is 1. The number of benzene rings is 1.